The Bertz CT molecular complexity index is 461. The van der Waals surface area contributed by atoms with Crippen LogP contribution in [0.4, 0.5) is 0 Å². The minimum Gasteiger partial charge on any atom is -0.481 e. The molecular formula is C16H23ClN2O2. The van der Waals surface area contributed by atoms with Crippen molar-refractivity contribution in [3.63, 3.8) is 0 Å². The number of carbonyl (C=O) groups is 1. The van der Waals surface area contributed by atoms with Gasteiger partial charge in [-0.05, 0) is 64.0 Å². The molecule has 1 fully saturated rings. The molecule has 1 N–H and O–H groups in total. The van der Waals surface area contributed by atoms with E-state index in [9.17, 15) is 4.79 Å². The van der Waals surface area contributed by atoms with Gasteiger partial charge in [-0.3, -0.25) is 4.79 Å². The van der Waals surface area contributed by atoms with Gasteiger partial charge in [0.15, 0.2) is 6.10 Å². The van der Waals surface area contributed by atoms with Gasteiger partial charge in [0.1, 0.15) is 5.75 Å². The van der Waals surface area contributed by atoms with Gasteiger partial charge >= 0.3 is 0 Å². The molecule has 0 radical (unpaired) electrons. The Kier molecular flexibility index (Phi) is 6.33. The van der Waals surface area contributed by atoms with Crippen LogP contribution in [-0.2, 0) is 4.79 Å². The number of halogens is 1. The van der Waals surface area contributed by atoms with Crippen LogP contribution in [0.25, 0.3) is 0 Å². The van der Waals surface area contributed by atoms with Crippen molar-refractivity contribution in [2.24, 2.45) is 0 Å². The zero-order valence-corrected chi connectivity index (χ0v) is 13.2. The molecule has 1 unspecified atom stereocenters. The molecule has 1 saturated heterocycles. The lowest BCUT2D eigenvalue weighted by Gasteiger charge is -2.16. The largest absolute Gasteiger partial charge is 0.481 e. The summed E-state index contributed by atoms with van der Waals surface area (Å²) in [5.74, 6) is 0.526. The number of likely N-dealkylation sites (tertiary alicyclic amines) is 1. The van der Waals surface area contributed by atoms with Crippen LogP contribution in [0.2, 0.25) is 5.02 Å². The average molecular weight is 311 g/mol. The van der Waals surface area contributed by atoms with Gasteiger partial charge in [-0.1, -0.05) is 17.7 Å². The van der Waals surface area contributed by atoms with Gasteiger partial charge in [0, 0.05) is 11.6 Å². The fourth-order valence-corrected chi connectivity index (χ4v) is 2.64. The number of nitrogens with one attached hydrogen (secondary N) is 1. The summed E-state index contributed by atoms with van der Waals surface area (Å²) in [4.78, 5) is 14.4. The Morgan fingerprint density at radius 3 is 2.90 bits per heavy atom. The molecule has 1 atom stereocenters. The third-order valence-electron chi connectivity index (χ3n) is 3.63. The van der Waals surface area contributed by atoms with Crippen molar-refractivity contribution in [3.05, 3.63) is 29.3 Å². The Hall–Kier alpha value is -1.26. The van der Waals surface area contributed by atoms with Gasteiger partial charge in [-0.2, -0.15) is 0 Å². The minimum atomic E-state index is -0.518. The van der Waals surface area contributed by atoms with E-state index in [-0.39, 0.29) is 5.91 Å². The van der Waals surface area contributed by atoms with Crippen LogP contribution in [0.3, 0.4) is 0 Å². The molecule has 0 bridgehead atoms. The van der Waals surface area contributed by atoms with Crippen molar-refractivity contribution in [3.8, 4) is 5.75 Å². The lowest BCUT2D eigenvalue weighted by molar-refractivity contribution is -0.127. The first-order valence-electron chi connectivity index (χ1n) is 7.57. The van der Waals surface area contributed by atoms with Crippen molar-refractivity contribution in [2.45, 2.75) is 32.3 Å². The molecule has 1 aromatic carbocycles. The van der Waals surface area contributed by atoms with Crippen LogP contribution in [0.5, 0.6) is 5.75 Å². The average Bonchev–Trinajstić information content (AvgIpc) is 2.96. The maximum absolute atomic E-state index is 11.9. The molecule has 21 heavy (non-hydrogen) atoms. The monoisotopic (exact) mass is 310 g/mol. The van der Waals surface area contributed by atoms with Crippen molar-refractivity contribution in [1.82, 2.24) is 10.2 Å². The minimum absolute atomic E-state index is 0.0867. The number of nitrogens with zero attached hydrogens (tertiary/aromatic N) is 1. The van der Waals surface area contributed by atoms with E-state index >= 15 is 0 Å². The highest BCUT2D eigenvalue weighted by Gasteiger charge is 2.15. The first kappa shape index (κ1) is 16.1. The van der Waals surface area contributed by atoms with Crippen LogP contribution in [0.15, 0.2) is 24.3 Å². The summed E-state index contributed by atoms with van der Waals surface area (Å²) < 4.78 is 5.58. The van der Waals surface area contributed by atoms with Crippen LogP contribution in [-0.4, -0.2) is 43.1 Å². The molecule has 5 heteroatoms. The van der Waals surface area contributed by atoms with Gasteiger partial charge in [0.25, 0.3) is 5.91 Å². The SMILES string of the molecule is CC(Oc1cccc(Cl)c1)C(=O)NCCCN1CCCC1. The van der Waals surface area contributed by atoms with Gasteiger partial charge in [0.05, 0.1) is 0 Å². The van der Waals surface area contributed by atoms with E-state index in [1.165, 1.54) is 25.9 Å². The summed E-state index contributed by atoms with van der Waals surface area (Å²) in [6.45, 7) is 5.89. The predicted octanol–water partition coefficient (Wildman–Crippen LogP) is 2.71. The van der Waals surface area contributed by atoms with E-state index in [0.29, 0.717) is 17.3 Å². The summed E-state index contributed by atoms with van der Waals surface area (Å²) in [7, 11) is 0. The predicted molar refractivity (Wildman–Crippen MR) is 84.8 cm³/mol. The Balaban J connectivity index is 1.65. The highest BCUT2D eigenvalue weighted by molar-refractivity contribution is 6.30. The zero-order chi connectivity index (χ0) is 15.1. The molecular weight excluding hydrogens is 288 g/mol. The third kappa shape index (κ3) is 5.56. The molecule has 1 heterocycles. The fraction of sp³-hybridized carbons (Fsp3) is 0.562. The Labute approximate surface area is 131 Å². The summed E-state index contributed by atoms with van der Waals surface area (Å²) >= 11 is 5.89. The summed E-state index contributed by atoms with van der Waals surface area (Å²) in [5.41, 5.74) is 0. The van der Waals surface area contributed by atoms with E-state index in [4.69, 9.17) is 16.3 Å². The van der Waals surface area contributed by atoms with Crippen molar-refractivity contribution >= 4 is 17.5 Å². The lowest BCUT2D eigenvalue weighted by atomic mass is 10.3. The Morgan fingerprint density at radius 2 is 2.19 bits per heavy atom. The van der Waals surface area contributed by atoms with Crippen LogP contribution in [0.1, 0.15) is 26.2 Å². The van der Waals surface area contributed by atoms with Crippen molar-refractivity contribution < 1.29 is 9.53 Å². The third-order valence-corrected chi connectivity index (χ3v) is 3.86. The van der Waals surface area contributed by atoms with E-state index in [0.717, 1.165) is 13.0 Å². The van der Waals surface area contributed by atoms with E-state index in [1.54, 1.807) is 31.2 Å². The second-order valence-corrected chi connectivity index (χ2v) is 5.85. The number of benzene rings is 1. The molecule has 116 valence electrons. The number of hydrogen-bond donors (Lipinski definition) is 1. The van der Waals surface area contributed by atoms with Gasteiger partial charge in [-0.15, -0.1) is 0 Å². The van der Waals surface area contributed by atoms with Crippen LogP contribution < -0.4 is 10.1 Å². The van der Waals surface area contributed by atoms with Crippen LogP contribution >= 0.6 is 11.6 Å². The van der Waals surface area contributed by atoms with E-state index in [2.05, 4.69) is 10.2 Å². The van der Waals surface area contributed by atoms with Gasteiger partial charge in [-0.25, -0.2) is 0 Å². The van der Waals surface area contributed by atoms with Crippen molar-refractivity contribution in [2.75, 3.05) is 26.2 Å². The number of ether oxygens (including phenoxy) is 1. The molecule has 1 amide bonds. The second kappa shape index (κ2) is 8.25. The Morgan fingerprint density at radius 1 is 1.43 bits per heavy atom. The highest BCUT2D eigenvalue weighted by atomic mass is 35.5. The number of hydrogen-bond acceptors (Lipinski definition) is 3. The quantitative estimate of drug-likeness (QED) is 0.787. The first-order chi connectivity index (χ1) is 10.1. The smallest absolute Gasteiger partial charge is 0.260 e. The topological polar surface area (TPSA) is 41.6 Å². The molecule has 0 spiro atoms. The molecule has 4 nitrogen and oxygen atoms in total. The number of rotatable bonds is 7. The summed E-state index contributed by atoms with van der Waals surface area (Å²) in [6.07, 6.45) is 3.07. The molecule has 0 aromatic heterocycles. The summed E-state index contributed by atoms with van der Waals surface area (Å²) in [6, 6.07) is 7.08. The molecule has 1 aliphatic heterocycles. The molecule has 2 rings (SSSR count). The molecule has 1 aliphatic rings. The maximum atomic E-state index is 11.9. The van der Waals surface area contributed by atoms with Crippen molar-refractivity contribution in [1.29, 1.82) is 0 Å². The first-order valence-corrected chi connectivity index (χ1v) is 7.95. The molecule has 0 aliphatic carbocycles. The lowest BCUT2D eigenvalue weighted by Crippen LogP contribution is -2.37. The van der Waals surface area contributed by atoms with Gasteiger partial charge in [0.2, 0.25) is 0 Å². The van der Waals surface area contributed by atoms with E-state index < -0.39 is 6.10 Å². The standard InChI is InChI=1S/C16H23ClN2O2/c1-13(21-15-7-4-6-14(17)12-15)16(20)18-8-5-11-19-9-2-3-10-19/h4,6-7,12-13H,2-3,5,8-11H2,1H3,(H,18,20). The number of carbonyl (C=O) groups excluding carboxylic acids is 1. The molecule has 1 aromatic rings. The fourth-order valence-electron chi connectivity index (χ4n) is 2.46. The van der Waals surface area contributed by atoms with E-state index in [1.807, 2.05) is 0 Å². The summed E-state index contributed by atoms with van der Waals surface area (Å²) in [5, 5.41) is 3.52. The van der Waals surface area contributed by atoms with Crippen LogP contribution in [0, 0.1) is 0 Å². The maximum Gasteiger partial charge on any atom is 0.260 e. The highest BCUT2D eigenvalue weighted by Crippen LogP contribution is 2.18. The van der Waals surface area contributed by atoms with Gasteiger partial charge < -0.3 is 15.0 Å². The molecule has 0 saturated carbocycles. The number of amides is 1. The second-order valence-electron chi connectivity index (χ2n) is 5.41. The zero-order valence-electron chi connectivity index (χ0n) is 12.5. The normalized spacial score (nSPS) is 16.7.